The Labute approximate surface area is 202 Å². The second-order valence-electron chi connectivity index (χ2n) is 8.84. The van der Waals surface area contributed by atoms with E-state index >= 15 is 0 Å². The van der Waals surface area contributed by atoms with E-state index in [4.69, 9.17) is 9.47 Å². The number of methoxy groups -OCH3 is 2. The van der Waals surface area contributed by atoms with E-state index in [9.17, 15) is 4.79 Å². The van der Waals surface area contributed by atoms with Gasteiger partial charge >= 0.3 is 6.01 Å². The molecule has 0 radical (unpaired) electrons. The predicted molar refractivity (Wildman–Crippen MR) is 133 cm³/mol. The Morgan fingerprint density at radius 1 is 1.11 bits per heavy atom. The number of rotatable bonds is 5. The molecule has 2 atom stereocenters. The first kappa shape index (κ1) is 22.8. The van der Waals surface area contributed by atoms with Crippen LogP contribution in [0.3, 0.4) is 0 Å². The first-order valence-electron chi connectivity index (χ1n) is 11.4. The third kappa shape index (κ3) is 4.30. The van der Waals surface area contributed by atoms with Gasteiger partial charge in [0.05, 0.1) is 25.3 Å². The van der Waals surface area contributed by atoms with Crippen LogP contribution in [0, 0.1) is 0 Å². The number of hydrogen-bond acceptors (Lipinski definition) is 9. The fourth-order valence-electron chi connectivity index (χ4n) is 4.68. The van der Waals surface area contributed by atoms with Gasteiger partial charge in [-0.3, -0.25) is 9.48 Å². The molecule has 0 spiro atoms. The Morgan fingerprint density at radius 3 is 2.60 bits per heavy atom. The Kier molecular flexibility index (Phi) is 5.85. The van der Waals surface area contributed by atoms with Crippen LogP contribution in [0.2, 0.25) is 0 Å². The number of anilines is 2. The number of hydrogen-bond donors (Lipinski definition) is 2. The van der Waals surface area contributed by atoms with E-state index in [1.807, 2.05) is 19.3 Å². The third-order valence-electron chi connectivity index (χ3n) is 6.04. The lowest BCUT2D eigenvalue weighted by Gasteiger charge is -2.38. The summed E-state index contributed by atoms with van der Waals surface area (Å²) < 4.78 is 12.3. The summed E-state index contributed by atoms with van der Waals surface area (Å²) in [5.74, 6) is 0.349. The summed E-state index contributed by atoms with van der Waals surface area (Å²) in [7, 11) is 4.84. The molecule has 0 bridgehead atoms. The average Bonchev–Trinajstić information content (AvgIpc) is 3.21. The molecule has 5 rings (SSSR count). The van der Waals surface area contributed by atoms with Gasteiger partial charge in [0.2, 0.25) is 5.88 Å². The zero-order valence-corrected chi connectivity index (χ0v) is 20.4. The number of benzene rings is 1. The van der Waals surface area contributed by atoms with Gasteiger partial charge in [0.25, 0.3) is 5.91 Å². The largest absolute Gasteiger partial charge is 0.479 e. The zero-order valence-electron chi connectivity index (χ0n) is 20.4. The summed E-state index contributed by atoms with van der Waals surface area (Å²) in [5.41, 5.74) is 2.52. The Hall–Kier alpha value is -3.99. The lowest BCUT2D eigenvalue weighted by molar-refractivity contribution is 0.102. The maximum atomic E-state index is 13.4. The number of aromatic nitrogens is 5. The summed E-state index contributed by atoms with van der Waals surface area (Å²) >= 11 is 0. The molecule has 4 aromatic rings. The molecule has 0 saturated carbocycles. The van der Waals surface area contributed by atoms with Gasteiger partial charge in [0, 0.05) is 61.1 Å². The van der Waals surface area contributed by atoms with Crippen LogP contribution in [0.25, 0.3) is 21.8 Å². The van der Waals surface area contributed by atoms with Gasteiger partial charge in [0.1, 0.15) is 5.82 Å². The predicted octanol–water partition coefficient (Wildman–Crippen LogP) is 2.37. The van der Waals surface area contributed by atoms with Crippen molar-refractivity contribution in [3.63, 3.8) is 0 Å². The van der Waals surface area contributed by atoms with Crippen molar-refractivity contribution in [2.75, 3.05) is 37.5 Å². The maximum absolute atomic E-state index is 13.4. The number of ether oxygens (including phenoxy) is 2. The number of amides is 1. The minimum Gasteiger partial charge on any atom is -0.479 e. The number of nitrogens with zero attached hydrogens (tertiary/aromatic N) is 6. The maximum Gasteiger partial charge on any atom is 0.316 e. The number of carbonyl (C=O) groups is 1. The van der Waals surface area contributed by atoms with Gasteiger partial charge in [0.15, 0.2) is 5.52 Å². The highest BCUT2D eigenvalue weighted by Gasteiger charge is 2.25. The normalized spacial score (nSPS) is 18.1. The van der Waals surface area contributed by atoms with Crippen molar-refractivity contribution in [2.24, 2.45) is 7.05 Å². The van der Waals surface area contributed by atoms with Crippen molar-refractivity contribution in [2.45, 2.75) is 25.9 Å². The highest BCUT2D eigenvalue weighted by Crippen LogP contribution is 2.31. The molecule has 11 nitrogen and oxygen atoms in total. The standard InChI is InChI=1S/C24H28N8O3/c1-13-10-32(11-14(2)26-13)18-7-6-16(21-17(18)9-25-24(29-21)35-5)22(33)27-19-8-15-12-31(3)30-20(15)23(28-19)34-4/h6-9,12-14,26H,10-11H2,1-5H3,(H,27,33)/t13-,14-/m0/s1. The Bertz CT molecular complexity index is 1410. The quantitative estimate of drug-likeness (QED) is 0.447. The smallest absolute Gasteiger partial charge is 0.316 e. The molecular weight excluding hydrogens is 448 g/mol. The Balaban J connectivity index is 1.55. The summed E-state index contributed by atoms with van der Waals surface area (Å²) in [4.78, 5) is 29.0. The van der Waals surface area contributed by atoms with Gasteiger partial charge in [-0.15, -0.1) is 0 Å². The van der Waals surface area contributed by atoms with E-state index in [1.165, 1.54) is 14.2 Å². The van der Waals surface area contributed by atoms with Crippen LogP contribution in [0.4, 0.5) is 11.5 Å². The van der Waals surface area contributed by atoms with Crippen molar-refractivity contribution in [3.8, 4) is 11.9 Å². The molecule has 4 heterocycles. The molecule has 3 aromatic heterocycles. The highest BCUT2D eigenvalue weighted by atomic mass is 16.5. The molecule has 11 heteroatoms. The SMILES string of the molecule is COc1ncc2c(N3C[C@H](C)N[C@@H](C)C3)ccc(C(=O)Nc3cc4cn(C)nc4c(OC)n3)c2n1. The molecule has 1 fully saturated rings. The summed E-state index contributed by atoms with van der Waals surface area (Å²) in [6.07, 6.45) is 3.56. The van der Waals surface area contributed by atoms with Crippen molar-refractivity contribution in [1.82, 2.24) is 30.0 Å². The number of fused-ring (bicyclic) bond motifs is 2. The van der Waals surface area contributed by atoms with Gasteiger partial charge in [-0.25, -0.2) is 4.98 Å². The monoisotopic (exact) mass is 476 g/mol. The second kappa shape index (κ2) is 8.99. The van der Waals surface area contributed by atoms with E-state index < -0.39 is 0 Å². The topological polar surface area (TPSA) is 119 Å². The number of nitrogens with one attached hydrogen (secondary N) is 2. The number of aryl methyl sites for hydroxylation is 1. The minimum atomic E-state index is -0.345. The van der Waals surface area contributed by atoms with E-state index in [-0.39, 0.29) is 11.9 Å². The van der Waals surface area contributed by atoms with Crippen LogP contribution in [0.5, 0.6) is 11.9 Å². The molecule has 0 unspecified atom stereocenters. The van der Waals surface area contributed by atoms with E-state index in [1.54, 1.807) is 23.0 Å². The second-order valence-corrected chi connectivity index (χ2v) is 8.84. The molecule has 182 valence electrons. The van der Waals surface area contributed by atoms with Crippen LogP contribution in [0.15, 0.2) is 30.6 Å². The number of pyridine rings is 1. The summed E-state index contributed by atoms with van der Waals surface area (Å²) in [5, 5.41) is 12.4. The molecule has 2 N–H and O–H groups in total. The third-order valence-corrected chi connectivity index (χ3v) is 6.04. The molecule has 35 heavy (non-hydrogen) atoms. The van der Waals surface area contributed by atoms with Crippen LogP contribution < -0.4 is 25.0 Å². The zero-order chi connectivity index (χ0) is 24.7. The van der Waals surface area contributed by atoms with Crippen molar-refractivity contribution in [1.29, 1.82) is 0 Å². The fraction of sp³-hybridized carbons (Fsp3) is 0.375. The molecule has 1 aliphatic rings. The van der Waals surface area contributed by atoms with Crippen LogP contribution in [-0.4, -0.2) is 70.0 Å². The molecule has 1 amide bonds. The van der Waals surface area contributed by atoms with Gasteiger partial charge < -0.3 is 25.0 Å². The summed E-state index contributed by atoms with van der Waals surface area (Å²) in [6, 6.07) is 6.37. The molecule has 0 aliphatic carbocycles. The fourth-order valence-corrected chi connectivity index (χ4v) is 4.68. The number of carbonyl (C=O) groups excluding carboxylic acids is 1. The van der Waals surface area contributed by atoms with E-state index in [0.717, 1.165) is 29.5 Å². The first-order chi connectivity index (χ1) is 16.9. The van der Waals surface area contributed by atoms with Crippen LogP contribution >= 0.6 is 0 Å². The minimum absolute atomic E-state index is 0.197. The Morgan fingerprint density at radius 2 is 1.89 bits per heavy atom. The number of piperazine rings is 1. The van der Waals surface area contributed by atoms with Crippen LogP contribution in [0.1, 0.15) is 24.2 Å². The van der Waals surface area contributed by atoms with Gasteiger partial charge in [-0.1, -0.05) is 0 Å². The lowest BCUT2D eigenvalue weighted by Crippen LogP contribution is -2.54. The lowest BCUT2D eigenvalue weighted by atomic mass is 10.0. The molecule has 1 aromatic carbocycles. The van der Waals surface area contributed by atoms with E-state index in [0.29, 0.717) is 40.4 Å². The molecule has 1 aliphatic heterocycles. The van der Waals surface area contributed by atoms with Crippen molar-refractivity contribution in [3.05, 3.63) is 36.2 Å². The van der Waals surface area contributed by atoms with Gasteiger partial charge in [-0.2, -0.15) is 15.1 Å². The first-order valence-corrected chi connectivity index (χ1v) is 11.4. The molecule has 1 saturated heterocycles. The van der Waals surface area contributed by atoms with E-state index in [2.05, 4.69) is 49.4 Å². The highest BCUT2D eigenvalue weighted by molar-refractivity contribution is 6.14. The average molecular weight is 477 g/mol. The van der Waals surface area contributed by atoms with Gasteiger partial charge in [-0.05, 0) is 32.0 Å². The summed E-state index contributed by atoms with van der Waals surface area (Å²) in [6.45, 7) is 6.00. The van der Waals surface area contributed by atoms with Crippen molar-refractivity contribution < 1.29 is 14.3 Å². The van der Waals surface area contributed by atoms with Crippen molar-refractivity contribution >= 4 is 39.2 Å². The molecular formula is C24H28N8O3. The van der Waals surface area contributed by atoms with Crippen LogP contribution in [-0.2, 0) is 7.05 Å².